The Labute approximate surface area is 162 Å². The minimum absolute atomic E-state index is 0.0602. The Morgan fingerprint density at radius 3 is 2.85 bits per heavy atom. The fraction of sp³-hybridized carbons (Fsp3) is 0.667. The third-order valence-corrected chi connectivity index (χ3v) is 5.71. The molecule has 1 saturated heterocycles. The molecule has 2 aliphatic rings. The van der Waals surface area contributed by atoms with E-state index in [0.29, 0.717) is 19.0 Å². The highest BCUT2D eigenvalue weighted by Gasteiger charge is 2.29. The van der Waals surface area contributed by atoms with Gasteiger partial charge in [-0.05, 0) is 49.8 Å². The van der Waals surface area contributed by atoms with E-state index in [1.807, 2.05) is 26.2 Å². The smallest absolute Gasteiger partial charge is 0.226 e. The van der Waals surface area contributed by atoms with Gasteiger partial charge in [-0.1, -0.05) is 12.5 Å². The van der Waals surface area contributed by atoms with E-state index in [1.54, 1.807) is 22.2 Å². The van der Waals surface area contributed by atoms with Crippen molar-refractivity contribution in [3.05, 3.63) is 30.1 Å². The third kappa shape index (κ3) is 6.03. The maximum atomic E-state index is 13.0. The van der Waals surface area contributed by atoms with E-state index in [4.69, 9.17) is 0 Å². The normalized spacial score (nSPS) is 24.1. The van der Waals surface area contributed by atoms with Crippen molar-refractivity contribution < 1.29 is 9.59 Å². The molecule has 3 rings (SSSR count). The molecule has 0 radical (unpaired) electrons. The summed E-state index contributed by atoms with van der Waals surface area (Å²) in [6, 6.07) is 4.18. The van der Waals surface area contributed by atoms with Crippen molar-refractivity contribution in [3.8, 4) is 0 Å². The lowest BCUT2D eigenvalue weighted by molar-refractivity contribution is -0.140. The molecule has 6 nitrogen and oxygen atoms in total. The first-order chi connectivity index (χ1) is 13.0. The molecule has 1 N–H and O–H groups in total. The molecule has 2 heterocycles. The molecule has 1 saturated carbocycles. The van der Waals surface area contributed by atoms with Crippen LogP contribution in [0, 0.1) is 11.8 Å². The van der Waals surface area contributed by atoms with Crippen LogP contribution in [0.25, 0.3) is 0 Å². The van der Waals surface area contributed by atoms with Gasteiger partial charge in [-0.25, -0.2) is 0 Å². The van der Waals surface area contributed by atoms with Gasteiger partial charge in [0.2, 0.25) is 11.8 Å². The van der Waals surface area contributed by atoms with Crippen LogP contribution >= 0.6 is 0 Å². The molecule has 1 aliphatic heterocycles. The average Bonchev–Trinajstić information content (AvgIpc) is 3.48. The summed E-state index contributed by atoms with van der Waals surface area (Å²) in [5.41, 5.74) is 1.00. The first-order valence-electron chi connectivity index (χ1n) is 10.1. The van der Waals surface area contributed by atoms with Crippen molar-refractivity contribution in [2.24, 2.45) is 11.8 Å². The monoisotopic (exact) mass is 372 g/mol. The molecule has 148 valence electrons. The molecule has 2 atom stereocenters. The molecule has 2 fully saturated rings. The molecule has 6 heteroatoms. The number of nitrogens with one attached hydrogen (secondary N) is 1. The minimum Gasteiger partial charge on any atom is -0.344 e. The van der Waals surface area contributed by atoms with Crippen LogP contribution in [-0.2, 0) is 16.1 Å². The van der Waals surface area contributed by atoms with E-state index >= 15 is 0 Å². The minimum atomic E-state index is -0.233. The second-order valence-electron chi connectivity index (χ2n) is 8.21. The molecule has 1 aromatic heterocycles. The van der Waals surface area contributed by atoms with Gasteiger partial charge in [0.25, 0.3) is 0 Å². The molecule has 2 amide bonds. The highest BCUT2D eigenvalue weighted by Crippen LogP contribution is 2.28. The number of carbonyl (C=O) groups is 2. The highest BCUT2D eigenvalue weighted by molar-refractivity contribution is 5.85. The van der Waals surface area contributed by atoms with Crippen LogP contribution in [0.5, 0.6) is 0 Å². The zero-order valence-corrected chi connectivity index (χ0v) is 16.6. The molecule has 0 spiro atoms. The van der Waals surface area contributed by atoms with E-state index in [2.05, 4.69) is 10.3 Å². The number of nitrogens with zero attached hydrogens (tertiary/aromatic N) is 3. The van der Waals surface area contributed by atoms with Crippen LogP contribution in [0.15, 0.2) is 24.5 Å². The van der Waals surface area contributed by atoms with Crippen molar-refractivity contribution in [2.75, 3.05) is 27.2 Å². The van der Waals surface area contributed by atoms with Gasteiger partial charge in [0, 0.05) is 58.0 Å². The number of hydrogen-bond donors (Lipinski definition) is 1. The largest absolute Gasteiger partial charge is 0.344 e. The highest BCUT2D eigenvalue weighted by atomic mass is 16.2. The lowest BCUT2D eigenvalue weighted by Gasteiger charge is -2.25. The predicted octanol–water partition coefficient (Wildman–Crippen LogP) is 2.06. The summed E-state index contributed by atoms with van der Waals surface area (Å²) in [5, 5.41) is 3.63. The van der Waals surface area contributed by atoms with E-state index in [-0.39, 0.29) is 17.7 Å². The number of aromatic nitrogens is 1. The van der Waals surface area contributed by atoms with Gasteiger partial charge in [0.05, 0.1) is 0 Å². The summed E-state index contributed by atoms with van der Waals surface area (Å²) in [5.74, 6) is 0.728. The summed E-state index contributed by atoms with van der Waals surface area (Å²) in [6.07, 6.45) is 9.23. The Morgan fingerprint density at radius 2 is 2.15 bits per heavy atom. The Balaban J connectivity index is 1.57. The average molecular weight is 373 g/mol. The molecule has 2 unspecified atom stereocenters. The SMILES string of the molecule is CN1CC(NCC2CC2)CCCC(C(=O)N(C)Cc2cccnc2)CC1=O. The molecular weight excluding hydrogens is 340 g/mol. The molecule has 0 bridgehead atoms. The van der Waals surface area contributed by atoms with Gasteiger partial charge >= 0.3 is 0 Å². The number of pyridine rings is 1. The molecule has 0 aromatic carbocycles. The molecule has 27 heavy (non-hydrogen) atoms. The maximum Gasteiger partial charge on any atom is 0.226 e. The summed E-state index contributed by atoms with van der Waals surface area (Å²) < 4.78 is 0. The van der Waals surface area contributed by atoms with E-state index < -0.39 is 0 Å². The Hall–Kier alpha value is -1.95. The van der Waals surface area contributed by atoms with Crippen molar-refractivity contribution in [1.82, 2.24) is 20.1 Å². The van der Waals surface area contributed by atoms with Crippen LogP contribution in [0.3, 0.4) is 0 Å². The standard InChI is InChI=1S/C21H32N4O2/c1-24-15-19(23-13-16-8-9-16)7-3-6-18(11-20(24)26)21(27)25(2)14-17-5-4-10-22-12-17/h4-5,10,12,16,18-19,23H,3,6-9,11,13-15H2,1-2H3. The van der Waals surface area contributed by atoms with Gasteiger partial charge in [0.15, 0.2) is 0 Å². The Morgan fingerprint density at radius 1 is 1.33 bits per heavy atom. The lowest BCUT2D eigenvalue weighted by Crippen LogP contribution is -2.42. The predicted molar refractivity (Wildman–Crippen MR) is 105 cm³/mol. The van der Waals surface area contributed by atoms with Crippen LogP contribution in [0.2, 0.25) is 0 Å². The van der Waals surface area contributed by atoms with Gasteiger partial charge in [0.1, 0.15) is 0 Å². The number of amides is 2. The topological polar surface area (TPSA) is 65.5 Å². The molecule has 1 aliphatic carbocycles. The van der Waals surface area contributed by atoms with Gasteiger partial charge in [-0.2, -0.15) is 0 Å². The van der Waals surface area contributed by atoms with Crippen molar-refractivity contribution >= 4 is 11.8 Å². The lowest BCUT2D eigenvalue weighted by atomic mass is 9.95. The van der Waals surface area contributed by atoms with Gasteiger partial charge in [-0.3, -0.25) is 14.6 Å². The zero-order chi connectivity index (χ0) is 19.2. The fourth-order valence-corrected chi connectivity index (χ4v) is 3.79. The van der Waals surface area contributed by atoms with E-state index in [1.165, 1.54) is 12.8 Å². The van der Waals surface area contributed by atoms with Crippen molar-refractivity contribution in [2.45, 2.75) is 51.1 Å². The quantitative estimate of drug-likeness (QED) is 0.830. The summed E-state index contributed by atoms with van der Waals surface area (Å²) in [7, 11) is 3.68. The maximum absolute atomic E-state index is 13.0. The zero-order valence-electron chi connectivity index (χ0n) is 16.6. The van der Waals surface area contributed by atoms with E-state index in [0.717, 1.165) is 43.8 Å². The second kappa shape index (κ2) is 9.31. The van der Waals surface area contributed by atoms with Crippen LogP contribution in [-0.4, -0.2) is 59.8 Å². The third-order valence-electron chi connectivity index (χ3n) is 5.71. The van der Waals surface area contributed by atoms with Gasteiger partial charge in [-0.15, -0.1) is 0 Å². The number of likely N-dealkylation sites (N-methyl/N-ethyl adjacent to an activating group) is 1. The van der Waals surface area contributed by atoms with E-state index in [9.17, 15) is 9.59 Å². The summed E-state index contributed by atoms with van der Waals surface area (Å²) >= 11 is 0. The Bertz CT molecular complexity index is 632. The number of rotatable bonds is 6. The van der Waals surface area contributed by atoms with Crippen molar-refractivity contribution in [3.63, 3.8) is 0 Å². The molecular formula is C21H32N4O2. The Kier molecular flexibility index (Phi) is 6.83. The van der Waals surface area contributed by atoms with Crippen LogP contribution < -0.4 is 5.32 Å². The fourth-order valence-electron chi connectivity index (χ4n) is 3.79. The van der Waals surface area contributed by atoms with Crippen molar-refractivity contribution in [1.29, 1.82) is 0 Å². The summed E-state index contributed by atoms with van der Waals surface area (Å²) in [4.78, 5) is 33.2. The van der Waals surface area contributed by atoms with Crippen LogP contribution in [0.1, 0.15) is 44.1 Å². The number of hydrogen-bond acceptors (Lipinski definition) is 4. The summed E-state index contributed by atoms with van der Waals surface area (Å²) in [6.45, 7) is 2.32. The molecule has 1 aromatic rings. The van der Waals surface area contributed by atoms with Gasteiger partial charge < -0.3 is 15.1 Å². The first kappa shape index (κ1) is 19.8. The second-order valence-corrected chi connectivity index (χ2v) is 8.21. The first-order valence-corrected chi connectivity index (χ1v) is 10.1. The number of carbonyl (C=O) groups excluding carboxylic acids is 2. The van der Waals surface area contributed by atoms with Crippen LogP contribution in [0.4, 0.5) is 0 Å².